The molecule has 82 valence electrons. The Morgan fingerprint density at radius 2 is 1.79 bits per heavy atom. The molecule has 0 spiro atoms. The van der Waals surface area contributed by atoms with Crippen molar-refractivity contribution in [3.8, 4) is 0 Å². The van der Waals surface area contributed by atoms with Gasteiger partial charge >= 0.3 is 5.92 Å². The molecule has 1 fully saturated rings. The van der Waals surface area contributed by atoms with E-state index in [1.54, 1.807) is 0 Å². The van der Waals surface area contributed by atoms with Crippen LogP contribution in [-0.4, -0.2) is 55.2 Å². The molecule has 0 aromatic rings. The number of halogens is 3. The Bertz CT molecular complexity index is 200. The van der Waals surface area contributed by atoms with Gasteiger partial charge in [-0.2, -0.15) is 8.78 Å². The van der Waals surface area contributed by atoms with Crippen LogP contribution < -0.4 is 0 Å². The van der Waals surface area contributed by atoms with Gasteiger partial charge < -0.3 is 4.90 Å². The fourth-order valence-electron chi connectivity index (χ4n) is 1.39. The molecule has 0 aromatic carbocycles. The van der Waals surface area contributed by atoms with Crippen molar-refractivity contribution in [1.29, 1.82) is 0 Å². The van der Waals surface area contributed by atoms with Gasteiger partial charge in [0.25, 0.3) is 0 Å². The van der Waals surface area contributed by atoms with Crippen molar-refractivity contribution < 1.29 is 13.2 Å². The molecule has 0 radical (unpaired) electrons. The molecule has 0 aromatic heterocycles. The average molecular weight is 208 g/mol. The molecule has 0 amide bonds. The summed E-state index contributed by atoms with van der Waals surface area (Å²) in [6.07, 6.45) is -1.87. The Morgan fingerprint density at radius 3 is 2.21 bits per heavy atom. The molecule has 14 heavy (non-hydrogen) atoms. The first-order valence-corrected chi connectivity index (χ1v) is 4.55. The van der Waals surface area contributed by atoms with Gasteiger partial charge in [0, 0.05) is 26.2 Å². The Labute approximate surface area is 82.0 Å². The molecule has 1 saturated heterocycles. The first kappa shape index (κ1) is 11.5. The van der Waals surface area contributed by atoms with Crippen molar-refractivity contribution in [2.45, 2.75) is 12.2 Å². The maximum absolute atomic E-state index is 13.3. The number of alkyl halides is 3. The zero-order chi connectivity index (χ0) is 10.8. The van der Waals surface area contributed by atoms with E-state index < -0.39 is 12.2 Å². The zero-order valence-electron chi connectivity index (χ0n) is 8.22. The van der Waals surface area contributed by atoms with Crippen molar-refractivity contribution in [3.63, 3.8) is 0 Å². The van der Waals surface area contributed by atoms with Gasteiger partial charge in [-0.3, -0.25) is 4.90 Å². The molecule has 2 nitrogen and oxygen atoms in total. The third kappa shape index (κ3) is 2.48. The van der Waals surface area contributed by atoms with E-state index in [0.717, 1.165) is 4.90 Å². The van der Waals surface area contributed by atoms with Crippen LogP contribution in [-0.2, 0) is 0 Å². The van der Waals surface area contributed by atoms with Crippen LogP contribution in [0.3, 0.4) is 0 Å². The summed E-state index contributed by atoms with van der Waals surface area (Å²) in [6.45, 7) is 4.84. The van der Waals surface area contributed by atoms with E-state index in [1.807, 2.05) is 11.9 Å². The van der Waals surface area contributed by atoms with Crippen molar-refractivity contribution in [2.24, 2.45) is 0 Å². The van der Waals surface area contributed by atoms with Crippen LogP contribution in [0.15, 0.2) is 12.7 Å². The summed E-state index contributed by atoms with van der Waals surface area (Å²) in [6, 6.07) is 0. The minimum atomic E-state index is -3.45. The summed E-state index contributed by atoms with van der Waals surface area (Å²) < 4.78 is 39.0. The number of likely N-dealkylation sites (N-methyl/N-ethyl adjacent to an activating group) is 1. The molecule has 1 atom stereocenters. The van der Waals surface area contributed by atoms with Crippen LogP contribution in [0.1, 0.15) is 0 Å². The van der Waals surface area contributed by atoms with E-state index in [2.05, 4.69) is 6.58 Å². The van der Waals surface area contributed by atoms with Gasteiger partial charge in [-0.25, -0.2) is 4.39 Å². The predicted octanol–water partition coefficient (Wildman–Crippen LogP) is 1.35. The van der Waals surface area contributed by atoms with E-state index in [0.29, 0.717) is 32.3 Å². The number of piperazine rings is 1. The molecule has 0 bridgehead atoms. The third-order valence-electron chi connectivity index (χ3n) is 2.45. The first-order valence-electron chi connectivity index (χ1n) is 4.55. The second-order valence-electron chi connectivity index (χ2n) is 3.55. The fourth-order valence-corrected chi connectivity index (χ4v) is 1.39. The molecule has 1 rings (SSSR count). The smallest absolute Gasteiger partial charge is 0.304 e. The van der Waals surface area contributed by atoms with Crippen molar-refractivity contribution >= 4 is 0 Å². The average Bonchev–Trinajstić information content (AvgIpc) is 2.18. The van der Waals surface area contributed by atoms with Gasteiger partial charge in [0.05, 0.1) is 0 Å². The second-order valence-corrected chi connectivity index (χ2v) is 3.55. The quantitative estimate of drug-likeness (QED) is 0.510. The predicted molar refractivity (Wildman–Crippen MR) is 49.1 cm³/mol. The highest BCUT2D eigenvalue weighted by Gasteiger charge is 2.41. The Hall–Kier alpha value is -0.550. The lowest BCUT2D eigenvalue weighted by atomic mass is 10.2. The van der Waals surface area contributed by atoms with Gasteiger partial charge in [-0.15, -0.1) is 0 Å². The number of rotatable bonds is 3. The summed E-state index contributed by atoms with van der Waals surface area (Å²) in [5.74, 6) is -3.45. The lowest BCUT2D eigenvalue weighted by Crippen LogP contribution is -2.52. The van der Waals surface area contributed by atoms with Gasteiger partial charge in [-0.05, 0) is 13.1 Å². The van der Waals surface area contributed by atoms with E-state index in [9.17, 15) is 13.2 Å². The minimum Gasteiger partial charge on any atom is -0.304 e. The van der Waals surface area contributed by atoms with E-state index in [4.69, 9.17) is 0 Å². The number of hydrogen-bond donors (Lipinski definition) is 0. The first-order chi connectivity index (χ1) is 6.47. The topological polar surface area (TPSA) is 6.48 Å². The standard InChI is InChI=1S/C9H15F3N2/c1-3-9(11,12)8(10)14-6-4-13(2)5-7-14/h3,8H,1,4-7H2,2H3. The highest BCUT2D eigenvalue weighted by molar-refractivity contribution is 4.94. The molecule has 0 saturated carbocycles. The second kappa shape index (κ2) is 4.31. The van der Waals surface area contributed by atoms with Gasteiger partial charge in [0.1, 0.15) is 0 Å². The maximum atomic E-state index is 13.3. The van der Waals surface area contributed by atoms with Crippen molar-refractivity contribution in [2.75, 3.05) is 33.2 Å². The number of nitrogens with zero attached hydrogens (tertiary/aromatic N) is 2. The van der Waals surface area contributed by atoms with Gasteiger partial charge in [-0.1, -0.05) is 6.58 Å². The highest BCUT2D eigenvalue weighted by Crippen LogP contribution is 2.26. The minimum absolute atomic E-state index is 0.334. The van der Waals surface area contributed by atoms with Crippen molar-refractivity contribution in [3.05, 3.63) is 12.7 Å². The SMILES string of the molecule is C=CC(F)(F)C(F)N1CCN(C)CC1. The van der Waals surface area contributed by atoms with Crippen molar-refractivity contribution in [1.82, 2.24) is 9.80 Å². The van der Waals surface area contributed by atoms with Crippen LogP contribution in [0, 0.1) is 0 Å². The lowest BCUT2D eigenvalue weighted by molar-refractivity contribution is -0.112. The van der Waals surface area contributed by atoms with Gasteiger partial charge in [0.15, 0.2) is 0 Å². The van der Waals surface area contributed by atoms with Crippen LogP contribution in [0.25, 0.3) is 0 Å². The highest BCUT2D eigenvalue weighted by atomic mass is 19.3. The molecule has 1 unspecified atom stereocenters. The largest absolute Gasteiger partial charge is 0.310 e. The molecule has 0 aliphatic carbocycles. The van der Waals surface area contributed by atoms with Crippen LogP contribution in [0.4, 0.5) is 13.2 Å². The van der Waals surface area contributed by atoms with Gasteiger partial charge in [0.2, 0.25) is 6.30 Å². The molecule has 1 aliphatic heterocycles. The van der Waals surface area contributed by atoms with Crippen LogP contribution in [0.5, 0.6) is 0 Å². The fraction of sp³-hybridized carbons (Fsp3) is 0.778. The molecular formula is C9H15F3N2. The summed E-state index contributed by atoms with van der Waals surface area (Å²) in [5.41, 5.74) is 0. The molecule has 0 N–H and O–H groups in total. The summed E-state index contributed by atoms with van der Waals surface area (Å²) in [4.78, 5) is 3.14. The normalized spacial score (nSPS) is 23.4. The molecule has 1 aliphatic rings. The molecule has 5 heteroatoms. The van der Waals surface area contributed by atoms with E-state index in [-0.39, 0.29) is 0 Å². The summed E-state index contributed by atoms with van der Waals surface area (Å²) in [5, 5.41) is 0. The Kier molecular flexibility index (Phi) is 3.55. The lowest BCUT2D eigenvalue weighted by Gasteiger charge is -2.36. The summed E-state index contributed by atoms with van der Waals surface area (Å²) in [7, 11) is 1.89. The Morgan fingerprint density at radius 1 is 1.29 bits per heavy atom. The zero-order valence-corrected chi connectivity index (χ0v) is 8.22. The molecule has 1 heterocycles. The maximum Gasteiger partial charge on any atom is 0.310 e. The number of hydrogen-bond acceptors (Lipinski definition) is 2. The van der Waals surface area contributed by atoms with E-state index in [1.165, 1.54) is 0 Å². The van der Waals surface area contributed by atoms with E-state index >= 15 is 0 Å². The summed E-state index contributed by atoms with van der Waals surface area (Å²) >= 11 is 0. The molecular weight excluding hydrogens is 193 g/mol. The van der Waals surface area contributed by atoms with Crippen LogP contribution >= 0.6 is 0 Å². The van der Waals surface area contributed by atoms with Crippen LogP contribution in [0.2, 0.25) is 0 Å². The third-order valence-corrected chi connectivity index (χ3v) is 2.45. The Balaban J connectivity index is 2.53. The monoisotopic (exact) mass is 208 g/mol.